The van der Waals surface area contributed by atoms with Crippen molar-refractivity contribution in [3.8, 4) is 0 Å². The molecule has 0 aliphatic heterocycles. The number of nitrogens with one attached hydrogen (secondary N) is 2. The molecule has 0 aromatic carbocycles. The van der Waals surface area contributed by atoms with Gasteiger partial charge in [-0.2, -0.15) is 0 Å². The highest BCUT2D eigenvalue weighted by molar-refractivity contribution is 7.90. The summed E-state index contributed by atoms with van der Waals surface area (Å²) < 4.78 is 31.6. The summed E-state index contributed by atoms with van der Waals surface area (Å²) in [4.78, 5) is 0. The molecule has 0 rings (SSSR count). The van der Waals surface area contributed by atoms with E-state index in [-0.39, 0.29) is 6.10 Å². The van der Waals surface area contributed by atoms with Crippen LogP contribution in [0, 0.1) is 0 Å². The maximum Gasteiger partial charge on any atom is 0.215 e. The van der Waals surface area contributed by atoms with Crippen molar-refractivity contribution < 1.29 is 13.2 Å². The third kappa shape index (κ3) is 8.85. The zero-order valence-corrected chi connectivity index (χ0v) is 12.8. The van der Waals surface area contributed by atoms with E-state index in [1.165, 1.54) is 0 Å². The SMILES string of the molecule is CCNCC(C)S(=O)(=O)NCCCCOC(C)C. The summed E-state index contributed by atoms with van der Waals surface area (Å²) in [6.07, 6.45) is 1.92. The zero-order chi connectivity index (χ0) is 14.0. The molecule has 0 spiro atoms. The lowest BCUT2D eigenvalue weighted by atomic mass is 10.3. The maximum atomic E-state index is 11.8. The second-order valence-electron chi connectivity index (χ2n) is 4.68. The predicted molar refractivity (Wildman–Crippen MR) is 75.3 cm³/mol. The third-order valence-electron chi connectivity index (χ3n) is 2.54. The molecule has 0 saturated heterocycles. The first-order valence-corrected chi connectivity index (χ1v) is 8.25. The minimum Gasteiger partial charge on any atom is -0.379 e. The fourth-order valence-electron chi connectivity index (χ4n) is 1.36. The van der Waals surface area contributed by atoms with E-state index in [1.54, 1.807) is 6.92 Å². The van der Waals surface area contributed by atoms with E-state index in [1.807, 2.05) is 20.8 Å². The van der Waals surface area contributed by atoms with Crippen molar-refractivity contribution in [1.29, 1.82) is 0 Å². The van der Waals surface area contributed by atoms with Crippen LogP contribution >= 0.6 is 0 Å². The maximum absolute atomic E-state index is 11.8. The highest BCUT2D eigenvalue weighted by Crippen LogP contribution is 1.98. The first-order valence-electron chi connectivity index (χ1n) is 6.71. The van der Waals surface area contributed by atoms with Gasteiger partial charge in [0.2, 0.25) is 10.0 Å². The fourth-order valence-corrected chi connectivity index (χ4v) is 2.41. The molecule has 5 nitrogen and oxygen atoms in total. The number of rotatable bonds is 11. The molecule has 0 aromatic heterocycles. The molecule has 0 heterocycles. The van der Waals surface area contributed by atoms with Crippen molar-refractivity contribution in [2.24, 2.45) is 0 Å². The smallest absolute Gasteiger partial charge is 0.215 e. The van der Waals surface area contributed by atoms with Crippen LogP contribution in [0.15, 0.2) is 0 Å². The van der Waals surface area contributed by atoms with Gasteiger partial charge in [-0.15, -0.1) is 0 Å². The van der Waals surface area contributed by atoms with Gasteiger partial charge in [0.05, 0.1) is 11.4 Å². The Bertz CT molecular complexity index is 292. The molecule has 18 heavy (non-hydrogen) atoms. The number of ether oxygens (including phenoxy) is 1. The predicted octanol–water partition coefficient (Wildman–Crippen LogP) is 1.11. The molecule has 0 aromatic rings. The van der Waals surface area contributed by atoms with E-state index >= 15 is 0 Å². The normalized spacial score (nSPS) is 14.1. The van der Waals surface area contributed by atoms with E-state index in [9.17, 15) is 8.42 Å². The van der Waals surface area contributed by atoms with Gasteiger partial charge in [-0.25, -0.2) is 13.1 Å². The van der Waals surface area contributed by atoms with Crippen molar-refractivity contribution in [2.45, 2.75) is 51.9 Å². The van der Waals surface area contributed by atoms with Crippen LogP contribution in [-0.4, -0.2) is 46.0 Å². The van der Waals surface area contributed by atoms with Crippen LogP contribution < -0.4 is 10.0 Å². The van der Waals surface area contributed by atoms with E-state index < -0.39 is 15.3 Å². The highest BCUT2D eigenvalue weighted by atomic mass is 32.2. The number of sulfonamides is 1. The summed E-state index contributed by atoms with van der Waals surface area (Å²) >= 11 is 0. The van der Waals surface area contributed by atoms with E-state index in [4.69, 9.17) is 4.74 Å². The monoisotopic (exact) mass is 280 g/mol. The number of hydrogen-bond acceptors (Lipinski definition) is 4. The first-order chi connectivity index (χ1) is 8.40. The van der Waals surface area contributed by atoms with Crippen molar-refractivity contribution in [1.82, 2.24) is 10.0 Å². The van der Waals surface area contributed by atoms with Gasteiger partial charge in [0.25, 0.3) is 0 Å². The lowest BCUT2D eigenvalue weighted by molar-refractivity contribution is 0.0762. The average Bonchev–Trinajstić information content (AvgIpc) is 2.30. The summed E-state index contributed by atoms with van der Waals surface area (Å²) in [5.41, 5.74) is 0. The fraction of sp³-hybridized carbons (Fsp3) is 1.00. The standard InChI is InChI=1S/C12H28N2O3S/c1-5-13-10-12(4)18(15,16)14-8-6-7-9-17-11(2)3/h11-14H,5-10H2,1-4H3. The minimum absolute atomic E-state index is 0.238. The van der Waals surface area contributed by atoms with Gasteiger partial charge in [0.1, 0.15) is 0 Å². The van der Waals surface area contributed by atoms with E-state index in [2.05, 4.69) is 10.0 Å². The summed E-state index contributed by atoms with van der Waals surface area (Å²) in [5.74, 6) is 0. The van der Waals surface area contributed by atoms with Crippen LogP contribution in [0.25, 0.3) is 0 Å². The molecule has 0 fully saturated rings. The Hall–Kier alpha value is -0.170. The molecular weight excluding hydrogens is 252 g/mol. The minimum atomic E-state index is -3.19. The third-order valence-corrected chi connectivity index (χ3v) is 4.37. The van der Waals surface area contributed by atoms with Crippen LogP contribution in [0.4, 0.5) is 0 Å². The van der Waals surface area contributed by atoms with Crippen molar-refractivity contribution in [3.05, 3.63) is 0 Å². The summed E-state index contributed by atoms with van der Waals surface area (Å²) in [6, 6.07) is 0. The quantitative estimate of drug-likeness (QED) is 0.556. The highest BCUT2D eigenvalue weighted by Gasteiger charge is 2.18. The van der Waals surface area contributed by atoms with Gasteiger partial charge < -0.3 is 10.1 Å². The molecular formula is C12H28N2O3S. The van der Waals surface area contributed by atoms with Gasteiger partial charge in [-0.3, -0.25) is 0 Å². The molecule has 2 N–H and O–H groups in total. The second-order valence-corrected chi connectivity index (χ2v) is 6.87. The van der Waals surface area contributed by atoms with E-state index in [0.29, 0.717) is 19.7 Å². The first kappa shape index (κ1) is 17.8. The van der Waals surface area contributed by atoms with Gasteiger partial charge >= 0.3 is 0 Å². The van der Waals surface area contributed by atoms with Gasteiger partial charge in [0, 0.05) is 19.7 Å². The van der Waals surface area contributed by atoms with Gasteiger partial charge in [-0.05, 0) is 40.2 Å². The Labute approximate surface area is 112 Å². The number of hydrogen-bond donors (Lipinski definition) is 2. The topological polar surface area (TPSA) is 67.4 Å². The molecule has 0 aliphatic carbocycles. The molecule has 0 saturated carbocycles. The zero-order valence-electron chi connectivity index (χ0n) is 12.0. The Balaban J connectivity index is 3.70. The largest absolute Gasteiger partial charge is 0.379 e. The van der Waals surface area contributed by atoms with Crippen molar-refractivity contribution >= 4 is 10.0 Å². The average molecular weight is 280 g/mol. The number of unbranched alkanes of at least 4 members (excludes halogenated alkanes) is 1. The Morgan fingerprint density at radius 2 is 1.83 bits per heavy atom. The molecule has 0 amide bonds. The molecule has 110 valence electrons. The molecule has 0 radical (unpaired) electrons. The lowest BCUT2D eigenvalue weighted by Crippen LogP contribution is -2.39. The second kappa shape index (κ2) is 9.72. The Morgan fingerprint density at radius 3 is 2.39 bits per heavy atom. The van der Waals surface area contributed by atoms with Crippen molar-refractivity contribution in [3.63, 3.8) is 0 Å². The summed E-state index contributed by atoms with van der Waals surface area (Å²) in [7, 11) is -3.19. The van der Waals surface area contributed by atoms with Crippen LogP contribution in [0.1, 0.15) is 40.5 Å². The van der Waals surface area contributed by atoms with Crippen LogP contribution in [0.5, 0.6) is 0 Å². The molecule has 1 atom stereocenters. The van der Waals surface area contributed by atoms with Crippen molar-refractivity contribution in [2.75, 3.05) is 26.2 Å². The lowest BCUT2D eigenvalue weighted by Gasteiger charge is -2.14. The summed E-state index contributed by atoms with van der Waals surface area (Å²) in [6.45, 7) is 10.1. The Kier molecular flexibility index (Phi) is 9.63. The van der Waals surface area contributed by atoms with Crippen LogP contribution in [-0.2, 0) is 14.8 Å². The Morgan fingerprint density at radius 1 is 1.17 bits per heavy atom. The molecule has 6 heteroatoms. The molecule has 0 aliphatic rings. The molecule has 1 unspecified atom stereocenters. The van der Waals surface area contributed by atoms with Gasteiger partial charge in [0.15, 0.2) is 0 Å². The molecule has 0 bridgehead atoms. The van der Waals surface area contributed by atoms with Crippen LogP contribution in [0.2, 0.25) is 0 Å². The van der Waals surface area contributed by atoms with E-state index in [0.717, 1.165) is 19.4 Å². The van der Waals surface area contributed by atoms with Crippen LogP contribution in [0.3, 0.4) is 0 Å². The summed E-state index contributed by atoms with van der Waals surface area (Å²) in [5, 5.41) is 2.64. The van der Waals surface area contributed by atoms with Gasteiger partial charge in [-0.1, -0.05) is 6.92 Å².